The number of rotatable bonds is 6. The molecule has 0 aliphatic carbocycles. The van der Waals surface area contributed by atoms with Crippen molar-refractivity contribution in [3.63, 3.8) is 0 Å². The van der Waals surface area contributed by atoms with Crippen LogP contribution >= 0.6 is 0 Å². The number of carboxylic acid groups (broad SMARTS) is 1. The quantitative estimate of drug-likeness (QED) is 0.712. The van der Waals surface area contributed by atoms with E-state index in [1.807, 2.05) is 36.4 Å². The molecule has 7 nitrogen and oxygen atoms in total. The van der Waals surface area contributed by atoms with E-state index < -0.39 is 12.0 Å². The van der Waals surface area contributed by atoms with E-state index in [0.29, 0.717) is 5.69 Å². The lowest BCUT2D eigenvalue weighted by Crippen LogP contribution is -2.24. The van der Waals surface area contributed by atoms with Gasteiger partial charge >= 0.3 is 5.97 Å². The average molecular weight is 350 g/mol. The topological polar surface area (TPSA) is 97.1 Å². The number of aromatic carboxylic acids is 1. The number of nitrogens with zero attached hydrogens (tertiary/aromatic N) is 3. The Morgan fingerprint density at radius 3 is 2.35 bits per heavy atom. The van der Waals surface area contributed by atoms with Crippen molar-refractivity contribution < 1.29 is 14.7 Å². The van der Waals surface area contributed by atoms with Crippen LogP contribution in [0.5, 0.6) is 0 Å². The Kier molecular flexibility index (Phi) is 5.07. The summed E-state index contributed by atoms with van der Waals surface area (Å²) in [6.45, 7) is 1.66. The van der Waals surface area contributed by atoms with Gasteiger partial charge in [-0.15, -0.1) is 0 Å². The second kappa shape index (κ2) is 7.60. The summed E-state index contributed by atoms with van der Waals surface area (Å²) in [5.74, 6) is -1.40. The average Bonchev–Trinajstić information content (AvgIpc) is 3.14. The fourth-order valence-corrected chi connectivity index (χ4v) is 2.48. The predicted octanol–water partition coefficient (Wildman–Crippen LogP) is 2.77. The fourth-order valence-electron chi connectivity index (χ4n) is 2.48. The largest absolute Gasteiger partial charge is 0.476 e. The van der Waals surface area contributed by atoms with E-state index in [9.17, 15) is 9.59 Å². The van der Waals surface area contributed by atoms with E-state index >= 15 is 0 Å². The molecular formula is C19H18N4O3. The highest BCUT2D eigenvalue weighted by Gasteiger charge is 2.17. The minimum Gasteiger partial charge on any atom is -0.476 e. The van der Waals surface area contributed by atoms with Crippen molar-refractivity contribution in [2.75, 3.05) is 5.32 Å². The molecule has 2 aromatic heterocycles. The lowest BCUT2D eigenvalue weighted by molar-refractivity contribution is -0.119. The second-order valence-electron chi connectivity index (χ2n) is 5.88. The minimum atomic E-state index is -1.12. The summed E-state index contributed by atoms with van der Waals surface area (Å²) in [6, 6.07) is 12.3. The van der Waals surface area contributed by atoms with Crippen molar-refractivity contribution in [2.45, 2.75) is 19.4 Å². The molecular weight excluding hydrogens is 332 g/mol. The zero-order chi connectivity index (χ0) is 18.5. The number of nitrogens with one attached hydrogen (secondary N) is 1. The second-order valence-corrected chi connectivity index (χ2v) is 5.88. The molecule has 0 bridgehead atoms. The Morgan fingerprint density at radius 2 is 1.73 bits per heavy atom. The van der Waals surface area contributed by atoms with Crippen LogP contribution in [0.2, 0.25) is 0 Å². The highest BCUT2D eigenvalue weighted by Crippen LogP contribution is 2.15. The summed E-state index contributed by atoms with van der Waals surface area (Å²) in [5.41, 5.74) is 2.87. The molecule has 0 radical (unpaired) electrons. The highest BCUT2D eigenvalue weighted by atomic mass is 16.4. The number of carbonyl (C=O) groups excluding carboxylic acids is 1. The lowest BCUT2D eigenvalue weighted by Gasteiger charge is -2.13. The summed E-state index contributed by atoms with van der Waals surface area (Å²) >= 11 is 0. The van der Waals surface area contributed by atoms with Gasteiger partial charge in [-0.1, -0.05) is 12.1 Å². The van der Waals surface area contributed by atoms with Gasteiger partial charge in [0.2, 0.25) is 5.91 Å². The number of pyridine rings is 1. The summed E-state index contributed by atoms with van der Waals surface area (Å²) < 4.78 is 1.33. The first-order chi connectivity index (χ1) is 12.5. The van der Waals surface area contributed by atoms with Gasteiger partial charge in [0.25, 0.3) is 0 Å². The van der Waals surface area contributed by atoms with Gasteiger partial charge in [0.05, 0.1) is 0 Å². The first-order valence-electron chi connectivity index (χ1n) is 8.10. The van der Waals surface area contributed by atoms with Gasteiger partial charge < -0.3 is 10.4 Å². The maximum absolute atomic E-state index is 12.3. The number of carbonyl (C=O) groups is 2. The number of aromatic nitrogens is 3. The SMILES string of the molecule is CC(C(=O)Nc1ccc(Cc2ccncc2)cc1)n1ccc(C(=O)O)n1. The van der Waals surface area contributed by atoms with Crippen molar-refractivity contribution in [3.8, 4) is 0 Å². The molecule has 1 aromatic carbocycles. The molecule has 0 saturated heterocycles. The van der Waals surface area contributed by atoms with Gasteiger partial charge in [0, 0.05) is 24.3 Å². The number of hydrogen-bond acceptors (Lipinski definition) is 4. The Balaban J connectivity index is 1.62. The monoisotopic (exact) mass is 350 g/mol. The molecule has 2 heterocycles. The molecule has 1 atom stereocenters. The van der Waals surface area contributed by atoms with E-state index in [0.717, 1.165) is 12.0 Å². The molecule has 2 N–H and O–H groups in total. The molecule has 3 aromatic rings. The molecule has 1 amide bonds. The van der Waals surface area contributed by atoms with Gasteiger partial charge in [0.1, 0.15) is 6.04 Å². The van der Waals surface area contributed by atoms with Crippen molar-refractivity contribution in [2.24, 2.45) is 0 Å². The predicted molar refractivity (Wildman–Crippen MR) is 96.0 cm³/mol. The summed E-state index contributed by atoms with van der Waals surface area (Å²) in [6.07, 6.45) is 5.79. The lowest BCUT2D eigenvalue weighted by atomic mass is 10.1. The van der Waals surface area contributed by atoms with Crippen LogP contribution in [0.3, 0.4) is 0 Å². The van der Waals surface area contributed by atoms with Crippen molar-refractivity contribution in [3.05, 3.63) is 77.9 Å². The van der Waals surface area contributed by atoms with Crippen LogP contribution in [0, 0.1) is 0 Å². The van der Waals surface area contributed by atoms with Crippen LogP contribution in [-0.2, 0) is 11.2 Å². The van der Waals surface area contributed by atoms with Crippen molar-refractivity contribution in [1.29, 1.82) is 0 Å². The molecule has 0 aliphatic heterocycles. The van der Waals surface area contributed by atoms with Crippen LogP contribution in [0.4, 0.5) is 5.69 Å². The Hall–Kier alpha value is -3.48. The molecule has 3 rings (SSSR count). The van der Waals surface area contributed by atoms with E-state index in [1.165, 1.54) is 22.5 Å². The first-order valence-corrected chi connectivity index (χ1v) is 8.10. The summed E-state index contributed by atoms with van der Waals surface area (Å²) in [5, 5.41) is 15.6. The molecule has 132 valence electrons. The van der Waals surface area contributed by atoms with Gasteiger partial charge in [0.15, 0.2) is 5.69 Å². The zero-order valence-electron chi connectivity index (χ0n) is 14.2. The normalized spacial score (nSPS) is 11.7. The number of benzene rings is 1. The first kappa shape index (κ1) is 17.3. The van der Waals surface area contributed by atoms with Gasteiger partial charge in [-0.05, 0) is 54.8 Å². The Morgan fingerprint density at radius 1 is 1.08 bits per heavy atom. The minimum absolute atomic E-state index is 0.0925. The zero-order valence-corrected chi connectivity index (χ0v) is 14.2. The Labute approximate surface area is 150 Å². The molecule has 1 unspecified atom stereocenters. The van der Waals surface area contributed by atoms with Crippen LogP contribution in [0.25, 0.3) is 0 Å². The smallest absolute Gasteiger partial charge is 0.356 e. The summed E-state index contributed by atoms with van der Waals surface area (Å²) in [4.78, 5) is 27.2. The third-order valence-corrected chi connectivity index (χ3v) is 3.98. The molecule has 0 saturated carbocycles. The molecule has 7 heteroatoms. The van der Waals surface area contributed by atoms with Crippen LogP contribution in [0.1, 0.15) is 34.6 Å². The van der Waals surface area contributed by atoms with E-state index in [2.05, 4.69) is 15.4 Å². The molecule has 0 fully saturated rings. The number of carboxylic acids is 1. The van der Waals surface area contributed by atoms with Crippen LogP contribution < -0.4 is 5.32 Å². The van der Waals surface area contributed by atoms with E-state index in [-0.39, 0.29) is 11.6 Å². The van der Waals surface area contributed by atoms with E-state index in [4.69, 9.17) is 5.11 Å². The van der Waals surface area contributed by atoms with E-state index in [1.54, 1.807) is 19.3 Å². The van der Waals surface area contributed by atoms with Gasteiger partial charge in [-0.2, -0.15) is 5.10 Å². The fraction of sp³-hybridized carbons (Fsp3) is 0.158. The van der Waals surface area contributed by atoms with Crippen LogP contribution in [0.15, 0.2) is 61.1 Å². The third-order valence-electron chi connectivity index (χ3n) is 3.98. The maximum atomic E-state index is 12.3. The summed E-state index contributed by atoms with van der Waals surface area (Å²) in [7, 11) is 0. The maximum Gasteiger partial charge on any atom is 0.356 e. The third kappa shape index (κ3) is 4.13. The van der Waals surface area contributed by atoms with Gasteiger partial charge in [-0.3, -0.25) is 14.5 Å². The standard InChI is InChI=1S/C19H18N4O3/c1-13(23-11-8-17(22-23)19(25)26)18(24)21-16-4-2-14(3-5-16)12-15-6-9-20-10-7-15/h2-11,13H,12H2,1H3,(H,21,24)(H,25,26). The molecule has 0 spiro atoms. The number of amides is 1. The van der Waals surface area contributed by atoms with Gasteiger partial charge in [-0.25, -0.2) is 4.79 Å². The van der Waals surface area contributed by atoms with Crippen molar-refractivity contribution in [1.82, 2.24) is 14.8 Å². The molecule has 0 aliphatic rings. The van der Waals surface area contributed by atoms with Crippen molar-refractivity contribution >= 4 is 17.6 Å². The number of anilines is 1. The Bertz CT molecular complexity index is 904. The van der Waals surface area contributed by atoms with Crippen LogP contribution in [-0.4, -0.2) is 31.7 Å². The molecule has 26 heavy (non-hydrogen) atoms. The highest BCUT2D eigenvalue weighted by molar-refractivity contribution is 5.93. The number of hydrogen-bond donors (Lipinski definition) is 2.